The molecule has 0 aliphatic heterocycles. The number of amides is 2. The zero-order valence-corrected chi connectivity index (χ0v) is 18.9. The Morgan fingerprint density at radius 2 is 1.91 bits per heavy atom. The van der Waals surface area contributed by atoms with Gasteiger partial charge in [0.15, 0.2) is 11.6 Å². The van der Waals surface area contributed by atoms with Gasteiger partial charge in [-0.05, 0) is 30.3 Å². The summed E-state index contributed by atoms with van der Waals surface area (Å²) in [6, 6.07) is 14.1. The number of nitrogens with one attached hydrogen (secondary N) is 2. The molecule has 0 aliphatic carbocycles. The van der Waals surface area contributed by atoms with E-state index in [1.807, 2.05) is 37.4 Å². The van der Waals surface area contributed by atoms with Crippen molar-refractivity contribution in [3.63, 3.8) is 0 Å². The van der Waals surface area contributed by atoms with E-state index in [0.29, 0.717) is 38.9 Å². The maximum Gasteiger partial charge on any atom is 0.324 e. The number of rotatable bonds is 4. The summed E-state index contributed by atoms with van der Waals surface area (Å²) in [4.78, 5) is 26.0. The number of carbonyl (C=O) groups excluding carboxylic acids is 1. The lowest BCUT2D eigenvalue weighted by atomic mass is 10.1. The number of thiazole rings is 1. The summed E-state index contributed by atoms with van der Waals surface area (Å²) in [6.45, 7) is 0. The van der Waals surface area contributed by atoms with Gasteiger partial charge in [-0.25, -0.2) is 19.7 Å². The molecule has 2 amide bonds. The number of nitrogen functional groups attached to an aromatic ring is 1. The fraction of sp³-hybridized carbons (Fsp3) is 0.0455. The Morgan fingerprint density at radius 3 is 2.67 bits per heavy atom. The Balaban J connectivity index is 1.59. The third kappa shape index (κ3) is 4.21. The van der Waals surface area contributed by atoms with Crippen LogP contribution in [-0.4, -0.2) is 30.8 Å². The SMILES string of the molecule is Cn1ccc(-c2nc(N)c(NC(=O)Nc3ccccc3)nc2-c2cc(Cl)c3ncsc3c2)n1. The number of hydrogen-bond acceptors (Lipinski definition) is 7. The number of benzene rings is 2. The molecule has 0 fully saturated rings. The van der Waals surface area contributed by atoms with Crippen molar-refractivity contribution in [3.8, 4) is 22.6 Å². The van der Waals surface area contributed by atoms with E-state index < -0.39 is 6.03 Å². The van der Waals surface area contributed by atoms with Gasteiger partial charge >= 0.3 is 6.03 Å². The topological polar surface area (TPSA) is 124 Å². The van der Waals surface area contributed by atoms with Gasteiger partial charge in [-0.3, -0.25) is 10.00 Å². The van der Waals surface area contributed by atoms with Crippen LogP contribution < -0.4 is 16.4 Å². The minimum Gasteiger partial charge on any atom is -0.381 e. The average Bonchev–Trinajstić information content (AvgIpc) is 3.45. The summed E-state index contributed by atoms with van der Waals surface area (Å²) >= 11 is 7.94. The molecule has 11 heteroatoms. The fourth-order valence-electron chi connectivity index (χ4n) is 3.31. The summed E-state index contributed by atoms with van der Waals surface area (Å²) in [5, 5.41) is 10.4. The Labute approximate surface area is 197 Å². The second-order valence-corrected chi connectivity index (χ2v) is 8.43. The first-order valence-corrected chi connectivity index (χ1v) is 11.1. The van der Waals surface area contributed by atoms with Gasteiger partial charge < -0.3 is 11.1 Å². The van der Waals surface area contributed by atoms with Gasteiger partial charge in [-0.15, -0.1) is 11.3 Å². The Bertz CT molecular complexity index is 1480. The van der Waals surface area contributed by atoms with Crippen LogP contribution in [0.15, 0.2) is 60.2 Å². The van der Waals surface area contributed by atoms with Crippen molar-refractivity contribution in [2.45, 2.75) is 0 Å². The van der Waals surface area contributed by atoms with Crippen LogP contribution in [0.4, 0.5) is 22.1 Å². The van der Waals surface area contributed by atoms with Crippen molar-refractivity contribution < 1.29 is 4.79 Å². The quantitative estimate of drug-likeness (QED) is 0.334. The molecule has 0 saturated carbocycles. The highest BCUT2D eigenvalue weighted by atomic mass is 35.5. The van der Waals surface area contributed by atoms with E-state index >= 15 is 0 Å². The first kappa shape index (κ1) is 20.9. The molecule has 2 aromatic carbocycles. The molecular weight excluding hydrogens is 460 g/mol. The number of anilines is 3. The number of urea groups is 1. The molecule has 0 spiro atoms. The zero-order chi connectivity index (χ0) is 22.9. The highest BCUT2D eigenvalue weighted by Gasteiger charge is 2.20. The molecule has 33 heavy (non-hydrogen) atoms. The van der Waals surface area contributed by atoms with Gasteiger partial charge in [0, 0.05) is 24.5 Å². The zero-order valence-electron chi connectivity index (χ0n) is 17.3. The second kappa shape index (κ2) is 8.49. The first-order chi connectivity index (χ1) is 16.0. The summed E-state index contributed by atoms with van der Waals surface area (Å²) in [7, 11) is 1.81. The van der Waals surface area contributed by atoms with E-state index in [-0.39, 0.29) is 11.6 Å². The van der Waals surface area contributed by atoms with Gasteiger partial charge in [0.2, 0.25) is 0 Å². The molecule has 4 N–H and O–H groups in total. The van der Waals surface area contributed by atoms with Gasteiger partial charge in [0.05, 0.1) is 20.7 Å². The number of halogens is 1. The van der Waals surface area contributed by atoms with E-state index in [2.05, 4.69) is 30.7 Å². The van der Waals surface area contributed by atoms with Crippen LogP contribution in [0.5, 0.6) is 0 Å². The molecule has 0 bridgehead atoms. The van der Waals surface area contributed by atoms with Gasteiger partial charge in [0.1, 0.15) is 17.1 Å². The monoisotopic (exact) mass is 476 g/mol. The summed E-state index contributed by atoms with van der Waals surface area (Å²) in [6.07, 6.45) is 1.80. The average molecular weight is 477 g/mol. The predicted octanol–water partition coefficient (Wildman–Crippen LogP) is 5.03. The largest absolute Gasteiger partial charge is 0.381 e. The van der Waals surface area contributed by atoms with Gasteiger partial charge in [-0.2, -0.15) is 5.10 Å². The summed E-state index contributed by atoms with van der Waals surface area (Å²) < 4.78 is 2.56. The predicted molar refractivity (Wildman–Crippen MR) is 131 cm³/mol. The van der Waals surface area contributed by atoms with Crippen molar-refractivity contribution in [3.05, 3.63) is 65.3 Å². The molecule has 9 nitrogen and oxygen atoms in total. The van der Waals surface area contributed by atoms with Crippen molar-refractivity contribution >= 4 is 56.5 Å². The van der Waals surface area contributed by atoms with Gasteiger partial charge in [-0.1, -0.05) is 29.8 Å². The third-order valence-corrected chi connectivity index (χ3v) is 5.87. The lowest BCUT2D eigenvalue weighted by Gasteiger charge is -2.13. The number of nitrogens with two attached hydrogens (primary N) is 1. The highest BCUT2D eigenvalue weighted by Crippen LogP contribution is 2.36. The van der Waals surface area contributed by atoms with Crippen LogP contribution in [0.25, 0.3) is 32.9 Å². The van der Waals surface area contributed by atoms with Crippen LogP contribution >= 0.6 is 22.9 Å². The molecule has 5 rings (SSSR count). The molecule has 3 heterocycles. The number of fused-ring (bicyclic) bond motifs is 1. The smallest absolute Gasteiger partial charge is 0.324 e. The number of nitrogens with zero attached hydrogens (tertiary/aromatic N) is 5. The van der Waals surface area contributed by atoms with E-state index in [9.17, 15) is 4.79 Å². The molecule has 0 saturated heterocycles. The van der Waals surface area contributed by atoms with Crippen LogP contribution in [0, 0.1) is 0 Å². The van der Waals surface area contributed by atoms with Crippen molar-refractivity contribution in [1.29, 1.82) is 0 Å². The number of hydrogen-bond donors (Lipinski definition) is 3. The third-order valence-electron chi connectivity index (χ3n) is 4.81. The fourth-order valence-corrected chi connectivity index (χ4v) is 4.38. The van der Waals surface area contributed by atoms with Crippen molar-refractivity contribution in [2.24, 2.45) is 7.05 Å². The molecule has 5 aromatic rings. The summed E-state index contributed by atoms with van der Waals surface area (Å²) in [5.74, 6) is 0.186. The second-order valence-electron chi connectivity index (χ2n) is 7.13. The van der Waals surface area contributed by atoms with Crippen molar-refractivity contribution in [1.82, 2.24) is 24.7 Å². The normalized spacial score (nSPS) is 11.0. The lowest BCUT2D eigenvalue weighted by Crippen LogP contribution is -2.21. The number of carbonyl (C=O) groups is 1. The Hall–Kier alpha value is -4.02. The van der Waals surface area contributed by atoms with E-state index in [4.69, 9.17) is 17.3 Å². The molecule has 164 valence electrons. The van der Waals surface area contributed by atoms with Crippen LogP contribution in [0.1, 0.15) is 0 Å². The Kier molecular flexibility index (Phi) is 5.37. The van der Waals surface area contributed by atoms with Crippen molar-refractivity contribution in [2.75, 3.05) is 16.4 Å². The molecule has 0 aliphatic rings. The maximum absolute atomic E-state index is 12.5. The minimum absolute atomic E-state index is 0.0626. The standard InChI is InChI=1S/C22H17ClN8OS/c1-31-8-7-15(30-31)19-17(12-9-14(23)18-16(10-12)33-11-25-18)28-21(20(24)27-19)29-22(32)26-13-5-3-2-4-6-13/h2-11H,1H3,(H2,24,27)(H2,26,28,29,32). The molecule has 0 radical (unpaired) electrons. The maximum atomic E-state index is 12.5. The number of aryl methyl sites for hydroxylation is 1. The van der Waals surface area contributed by atoms with E-state index in [1.54, 1.807) is 34.6 Å². The summed E-state index contributed by atoms with van der Waals surface area (Å²) in [5.41, 5.74) is 11.5. The molecule has 0 atom stereocenters. The first-order valence-electron chi connectivity index (χ1n) is 9.81. The minimum atomic E-state index is -0.491. The highest BCUT2D eigenvalue weighted by molar-refractivity contribution is 7.16. The molecular formula is C22H17ClN8OS. The lowest BCUT2D eigenvalue weighted by molar-refractivity contribution is 0.262. The molecule has 3 aromatic heterocycles. The number of para-hydroxylation sites is 1. The van der Waals surface area contributed by atoms with Gasteiger partial charge in [0.25, 0.3) is 0 Å². The molecule has 0 unspecified atom stereocenters. The van der Waals surface area contributed by atoms with Crippen LogP contribution in [0.3, 0.4) is 0 Å². The number of aromatic nitrogens is 5. The van der Waals surface area contributed by atoms with E-state index in [0.717, 1.165) is 4.70 Å². The Morgan fingerprint density at radius 1 is 1.09 bits per heavy atom. The van der Waals surface area contributed by atoms with Crippen LogP contribution in [-0.2, 0) is 7.05 Å². The van der Waals surface area contributed by atoms with Crippen LogP contribution in [0.2, 0.25) is 5.02 Å². The van der Waals surface area contributed by atoms with E-state index in [1.165, 1.54) is 11.3 Å².